The highest BCUT2D eigenvalue weighted by Crippen LogP contribution is 2.41. The van der Waals surface area contributed by atoms with E-state index < -0.39 is 0 Å². The van der Waals surface area contributed by atoms with Crippen molar-refractivity contribution >= 4 is 40.0 Å². The fourth-order valence-corrected chi connectivity index (χ4v) is 5.44. The molecule has 0 amide bonds. The molecule has 1 unspecified atom stereocenters. The molecule has 35 heavy (non-hydrogen) atoms. The van der Waals surface area contributed by atoms with E-state index in [1.165, 1.54) is 5.56 Å². The molecule has 9 nitrogen and oxygen atoms in total. The van der Waals surface area contributed by atoms with Crippen molar-refractivity contribution < 1.29 is 4.74 Å². The van der Waals surface area contributed by atoms with Crippen LogP contribution in [-0.4, -0.2) is 57.8 Å². The van der Waals surface area contributed by atoms with E-state index in [4.69, 9.17) is 27.1 Å². The number of nitrogens with two attached hydrogens (primary N) is 1. The Kier molecular flexibility index (Phi) is 5.46. The fourth-order valence-electron chi connectivity index (χ4n) is 5.21. The lowest BCUT2D eigenvalue weighted by molar-refractivity contribution is 0.122. The largest absolute Gasteiger partial charge is 0.397 e. The molecular formula is C25H27ClN8O. The Hall–Kier alpha value is -3.43. The van der Waals surface area contributed by atoms with E-state index in [1.54, 1.807) is 6.07 Å². The van der Waals surface area contributed by atoms with Crippen LogP contribution in [0.2, 0.25) is 5.02 Å². The third-order valence-corrected chi connectivity index (χ3v) is 6.98. The summed E-state index contributed by atoms with van der Waals surface area (Å²) in [5.74, 6) is 3.02. The van der Waals surface area contributed by atoms with Crippen LogP contribution in [0.1, 0.15) is 34.5 Å². The van der Waals surface area contributed by atoms with Crippen molar-refractivity contribution in [3.8, 4) is 0 Å². The maximum atomic E-state index is 6.37. The number of ether oxygens (including phenoxy) is 1. The molecule has 180 valence electrons. The van der Waals surface area contributed by atoms with Crippen LogP contribution in [0.15, 0.2) is 30.5 Å². The van der Waals surface area contributed by atoms with Crippen LogP contribution in [-0.2, 0) is 11.2 Å². The number of nitrogen functional groups attached to an aromatic ring is 1. The molecule has 0 radical (unpaired) electrons. The number of aryl methyl sites for hydroxylation is 2. The van der Waals surface area contributed by atoms with E-state index in [-0.39, 0.29) is 6.04 Å². The van der Waals surface area contributed by atoms with Crippen LogP contribution in [0.4, 0.5) is 17.5 Å². The number of pyridine rings is 1. The Bertz CT molecular complexity index is 1380. The van der Waals surface area contributed by atoms with Gasteiger partial charge in [-0.2, -0.15) is 9.97 Å². The minimum absolute atomic E-state index is 0.156. The average Bonchev–Trinajstić information content (AvgIpc) is 3.22. The normalized spacial score (nSPS) is 18.2. The molecule has 3 aromatic heterocycles. The molecule has 2 aliphatic heterocycles. The van der Waals surface area contributed by atoms with Gasteiger partial charge in [0.25, 0.3) is 0 Å². The summed E-state index contributed by atoms with van der Waals surface area (Å²) >= 11 is 6.37. The van der Waals surface area contributed by atoms with Gasteiger partial charge in [0.05, 0.1) is 30.5 Å². The number of H-pyrrole nitrogens is 1. The molecule has 0 aliphatic carbocycles. The van der Waals surface area contributed by atoms with E-state index in [0.29, 0.717) is 28.3 Å². The number of aromatic amines is 1. The second-order valence-electron chi connectivity index (χ2n) is 9.06. The molecule has 5 heterocycles. The molecule has 0 saturated carbocycles. The molecule has 1 saturated heterocycles. The predicted molar refractivity (Wildman–Crippen MR) is 137 cm³/mol. The van der Waals surface area contributed by atoms with Gasteiger partial charge in [0.2, 0.25) is 5.95 Å². The third kappa shape index (κ3) is 3.94. The van der Waals surface area contributed by atoms with E-state index in [2.05, 4.69) is 41.9 Å². The SMILES string of the molecule is Cc1nc(C)nc(N2CCc3c([nH]c4c(N)cc(Cl)cc34)C2c2ccc(N3CCOCC3)nc2)n1. The van der Waals surface area contributed by atoms with Gasteiger partial charge in [-0.05, 0) is 49.6 Å². The van der Waals surface area contributed by atoms with Gasteiger partial charge in [-0.15, -0.1) is 0 Å². The first-order valence-corrected chi connectivity index (χ1v) is 12.2. The second-order valence-corrected chi connectivity index (χ2v) is 9.50. The van der Waals surface area contributed by atoms with Crippen molar-refractivity contribution in [3.05, 3.63) is 64.0 Å². The zero-order valence-electron chi connectivity index (χ0n) is 19.8. The van der Waals surface area contributed by atoms with Crippen molar-refractivity contribution in [3.63, 3.8) is 0 Å². The number of nitrogens with one attached hydrogen (secondary N) is 1. The van der Waals surface area contributed by atoms with E-state index in [9.17, 15) is 0 Å². The Morgan fingerprint density at radius 3 is 2.54 bits per heavy atom. The number of aromatic nitrogens is 5. The quantitative estimate of drug-likeness (QED) is 0.419. The molecule has 10 heteroatoms. The highest BCUT2D eigenvalue weighted by molar-refractivity contribution is 6.32. The van der Waals surface area contributed by atoms with E-state index in [0.717, 1.165) is 67.2 Å². The summed E-state index contributed by atoms with van der Waals surface area (Å²) in [5, 5.41) is 1.70. The number of anilines is 3. The summed E-state index contributed by atoms with van der Waals surface area (Å²) in [6.07, 6.45) is 2.77. The number of halogens is 1. The maximum Gasteiger partial charge on any atom is 0.229 e. The lowest BCUT2D eigenvalue weighted by Crippen LogP contribution is -2.38. The van der Waals surface area contributed by atoms with Gasteiger partial charge >= 0.3 is 0 Å². The summed E-state index contributed by atoms with van der Waals surface area (Å²) in [6, 6.07) is 7.86. The first kappa shape index (κ1) is 22.1. The number of morpholine rings is 1. The molecule has 0 bridgehead atoms. The van der Waals surface area contributed by atoms with Crippen LogP contribution in [0, 0.1) is 13.8 Å². The first-order valence-electron chi connectivity index (χ1n) is 11.8. The Morgan fingerprint density at radius 2 is 1.83 bits per heavy atom. The highest BCUT2D eigenvalue weighted by atomic mass is 35.5. The average molecular weight is 491 g/mol. The molecule has 1 aromatic carbocycles. The molecule has 1 fully saturated rings. The standard InChI is InChI=1S/C25H27ClN8O/c1-14-29-15(2)31-25(30-14)34-6-5-18-19-11-17(26)12-20(27)22(19)32-23(18)24(34)16-3-4-21(28-13-16)33-7-9-35-10-8-33/h3-4,11-13,24,32H,5-10,27H2,1-2H3. The van der Waals surface area contributed by atoms with Gasteiger partial charge in [-0.1, -0.05) is 17.7 Å². The minimum atomic E-state index is -0.156. The lowest BCUT2D eigenvalue weighted by atomic mass is 9.93. The molecular weight excluding hydrogens is 464 g/mol. The summed E-state index contributed by atoms with van der Waals surface area (Å²) in [6.45, 7) is 7.67. The molecule has 3 N–H and O–H groups in total. The maximum absolute atomic E-state index is 6.37. The van der Waals surface area contributed by atoms with Crippen LogP contribution in [0.3, 0.4) is 0 Å². The van der Waals surface area contributed by atoms with Gasteiger partial charge in [0.15, 0.2) is 0 Å². The topological polar surface area (TPSA) is 109 Å². The number of nitrogens with zero attached hydrogens (tertiary/aromatic N) is 6. The van der Waals surface area contributed by atoms with Crippen molar-refractivity contribution in [2.24, 2.45) is 0 Å². The van der Waals surface area contributed by atoms with Crippen molar-refractivity contribution in [2.75, 3.05) is 48.4 Å². The van der Waals surface area contributed by atoms with Gasteiger partial charge in [-0.3, -0.25) is 0 Å². The fraction of sp³-hybridized carbons (Fsp3) is 0.360. The summed E-state index contributed by atoms with van der Waals surface area (Å²) < 4.78 is 5.49. The smallest absolute Gasteiger partial charge is 0.229 e. The first-order chi connectivity index (χ1) is 17.0. The van der Waals surface area contributed by atoms with E-state index in [1.807, 2.05) is 26.1 Å². The summed E-state index contributed by atoms with van der Waals surface area (Å²) in [4.78, 5) is 26.7. The van der Waals surface area contributed by atoms with Crippen LogP contribution in [0.25, 0.3) is 10.9 Å². The monoisotopic (exact) mass is 490 g/mol. The summed E-state index contributed by atoms with van der Waals surface area (Å²) in [7, 11) is 0. The number of benzene rings is 1. The Labute approximate surface area is 208 Å². The lowest BCUT2D eigenvalue weighted by Gasteiger charge is -2.36. The Balaban J connectivity index is 1.48. The van der Waals surface area contributed by atoms with Gasteiger partial charge in [-0.25, -0.2) is 9.97 Å². The molecule has 1 atom stereocenters. The number of fused-ring (bicyclic) bond motifs is 3. The van der Waals surface area contributed by atoms with Gasteiger partial charge in [0, 0.05) is 41.9 Å². The predicted octanol–water partition coefficient (Wildman–Crippen LogP) is 3.59. The molecule has 4 aromatic rings. The van der Waals surface area contributed by atoms with Gasteiger partial charge < -0.3 is 25.3 Å². The third-order valence-electron chi connectivity index (χ3n) is 6.76. The van der Waals surface area contributed by atoms with Crippen molar-refractivity contribution in [2.45, 2.75) is 26.3 Å². The molecule has 2 aliphatic rings. The number of hydrogen-bond acceptors (Lipinski definition) is 8. The molecule has 6 rings (SSSR count). The zero-order chi connectivity index (χ0) is 24.1. The van der Waals surface area contributed by atoms with Crippen LogP contribution in [0.5, 0.6) is 0 Å². The van der Waals surface area contributed by atoms with E-state index >= 15 is 0 Å². The molecule has 0 spiro atoms. The van der Waals surface area contributed by atoms with Crippen molar-refractivity contribution in [1.29, 1.82) is 0 Å². The Morgan fingerprint density at radius 1 is 1.06 bits per heavy atom. The summed E-state index contributed by atoms with van der Waals surface area (Å²) in [5.41, 5.74) is 11.2. The number of hydrogen-bond donors (Lipinski definition) is 2. The second kappa shape index (κ2) is 8.66. The number of rotatable bonds is 3. The highest BCUT2D eigenvalue weighted by Gasteiger charge is 2.34. The van der Waals surface area contributed by atoms with Gasteiger partial charge in [0.1, 0.15) is 17.5 Å². The van der Waals surface area contributed by atoms with Crippen molar-refractivity contribution in [1.82, 2.24) is 24.9 Å². The minimum Gasteiger partial charge on any atom is -0.397 e. The van der Waals surface area contributed by atoms with Crippen LogP contribution < -0.4 is 15.5 Å². The zero-order valence-corrected chi connectivity index (χ0v) is 20.5. The van der Waals surface area contributed by atoms with Crippen LogP contribution >= 0.6 is 11.6 Å².